The van der Waals surface area contributed by atoms with Crippen LogP contribution in [0.5, 0.6) is 0 Å². The van der Waals surface area contributed by atoms with Gasteiger partial charge in [-0.25, -0.2) is 4.98 Å². The van der Waals surface area contributed by atoms with Crippen LogP contribution in [0.3, 0.4) is 0 Å². The minimum absolute atomic E-state index is 0.572. The second-order valence-corrected chi connectivity index (χ2v) is 3.61. The van der Waals surface area contributed by atoms with Gasteiger partial charge in [-0.05, 0) is 37.7 Å². The van der Waals surface area contributed by atoms with E-state index in [1.54, 1.807) is 6.20 Å². The molecule has 0 spiro atoms. The van der Waals surface area contributed by atoms with Crippen molar-refractivity contribution < 1.29 is 0 Å². The molecule has 2 nitrogen and oxygen atoms in total. The van der Waals surface area contributed by atoms with Crippen LogP contribution in [-0.2, 0) is 6.54 Å². The molecule has 0 bridgehead atoms. The second-order valence-electron chi connectivity index (χ2n) is 3.22. The van der Waals surface area contributed by atoms with Crippen molar-refractivity contribution in [1.82, 2.24) is 9.88 Å². The SMILES string of the molecule is CCCN(C)Cc1ccnc(Cl)c1. The van der Waals surface area contributed by atoms with Gasteiger partial charge in [0.15, 0.2) is 0 Å². The third-order valence-electron chi connectivity index (χ3n) is 1.85. The first kappa shape index (κ1) is 10.5. The first-order chi connectivity index (χ1) is 6.22. The molecule has 0 amide bonds. The van der Waals surface area contributed by atoms with Gasteiger partial charge in [0, 0.05) is 12.7 Å². The molecule has 0 N–H and O–H groups in total. The van der Waals surface area contributed by atoms with E-state index in [1.165, 1.54) is 12.0 Å². The van der Waals surface area contributed by atoms with Gasteiger partial charge in [0.1, 0.15) is 5.15 Å². The van der Waals surface area contributed by atoms with Gasteiger partial charge in [-0.2, -0.15) is 0 Å². The molecule has 1 aromatic rings. The molecule has 0 radical (unpaired) electrons. The molecule has 0 saturated carbocycles. The zero-order valence-electron chi connectivity index (χ0n) is 8.13. The number of rotatable bonds is 4. The van der Waals surface area contributed by atoms with Crippen LogP contribution in [0.2, 0.25) is 5.15 Å². The molecule has 0 unspecified atom stereocenters. The van der Waals surface area contributed by atoms with Crippen LogP contribution in [0, 0.1) is 0 Å². The standard InChI is InChI=1S/C10H15ClN2/c1-3-6-13(2)8-9-4-5-12-10(11)7-9/h4-5,7H,3,6,8H2,1-2H3. The lowest BCUT2D eigenvalue weighted by molar-refractivity contribution is 0.327. The first-order valence-electron chi connectivity index (χ1n) is 4.51. The van der Waals surface area contributed by atoms with Crippen molar-refractivity contribution >= 4 is 11.6 Å². The van der Waals surface area contributed by atoms with Gasteiger partial charge >= 0.3 is 0 Å². The number of nitrogens with zero attached hydrogens (tertiary/aromatic N) is 2. The molecule has 0 fully saturated rings. The summed E-state index contributed by atoms with van der Waals surface area (Å²) in [6.45, 7) is 4.23. The quantitative estimate of drug-likeness (QED) is 0.692. The van der Waals surface area contributed by atoms with Gasteiger partial charge in [0.2, 0.25) is 0 Å². The average molecular weight is 199 g/mol. The fraction of sp³-hybridized carbons (Fsp3) is 0.500. The Kier molecular flexibility index (Phi) is 4.19. The molecule has 0 aliphatic rings. The number of aromatic nitrogens is 1. The van der Waals surface area contributed by atoms with E-state index in [-0.39, 0.29) is 0 Å². The third-order valence-corrected chi connectivity index (χ3v) is 2.06. The van der Waals surface area contributed by atoms with Crippen LogP contribution in [-0.4, -0.2) is 23.5 Å². The van der Waals surface area contributed by atoms with Gasteiger partial charge in [0.25, 0.3) is 0 Å². The molecule has 13 heavy (non-hydrogen) atoms. The Morgan fingerprint density at radius 3 is 2.92 bits per heavy atom. The highest BCUT2D eigenvalue weighted by atomic mass is 35.5. The molecular formula is C10H15ClN2. The predicted molar refractivity (Wildman–Crippen MR) is 55.9 cm³/mol. The van der Waals surface area contributed by atoms with E-state index in [0.717, 1.165) is 13.1 Å². The zero-order valence-corrected chi connectivity index (χ0v) is 8.88. The number of pyridine rings is 1. The van der Waals surface area contributed by atoms with E-state index in [0.29, 0.717) is 5.15 Å². The van der Waals surface area contributed by atoms with Crippen molar-refractivity contribution in [2.75, 3.05) is 13.6 Å². The number of hydrogen-bond acceptors (Lipinski definition) is 2. The second kappa shape index (κ2) is 5.20. The van der Waals surface area contributed by atoms with E-state index >= 15 is 0 Å². The van der Waals surface area contributed by atoms with Crippen LogP contribution in [0.25, 0.3) is 0 Å². The maximum absolute atomic E-state index is 5.78. The zero-order chi connectivity index (χ0) is 9.68. The lowest BCUT2D eigenvalue weighted by Gasteiger charge is -2.15. The van der Waals surface area contributed by atoms with Crippen molar-refractivity contribution in [2.45, 2.75) is 19.9 Å². The van der Waals surface area contributed by atoms with Crippen molar-refractivity contribution in [1.29, 1.82) is 0 Å². The Morgan fingerprint density at radius 2 is 2.31 bits per heavy atom. The van der Waals surface area contributed by atoms with Crippen molar-refractivity contribution in [3.8, 4) is 0 Å². The van der Waals surface area contributed by atoms with Gasteiger partial charge in [-0.15, -0.1) is 0 Å². The Morgan fingerprint density at radius 1 is 1.54 bits per heavy atom. The van der Waals surface area contributed by atoms with Crippen LogP contribution in [0.15, 0.2) is 18.3 Å². The number of halogens is 1. The Labute approximate surface area is 84.5 Å². The Hall–Kier alpha value is -0.600. The van der Waals surface area contributed by atoms with Gasteiger partial charge in [-0.3, -0.25) is 0 Å². The van der Waals surface area contributed by atoms with Crippen molar-refractivity contribution in [2.24, 2.45) is 0 Å². The molecule has 0 atom stereocenters. The minimum atomic E-state index is 0.572. The summed E-state index contributed by atoms with van der Waals surface area (Å²) in [5.41, 5.74) is 1.22. The molecule has 0 aliphatic heterocycles. The van der Waals surface area contributed by atoms with E-state index in [9.17, 15) is 0 Å². The van der Waals surface area contributed by atoms with Crippen molar-refractivity contribution in [3.05, 3.63) is 29.0 Å². The maximum Gasteiger partial charge on any atom is 0.129 e. The summed E-state index contributed by atoms with van der Waals surface area (Å²) in [6.07, 6.45) is 2.92. The van der Waals surface area contributed by atoms with Gasteiger partial charge in [0.05, 0.1) is 0 Å². The lowest BCUT2D eigenvalue weighted by atomic mass is 10.2. The highest BCUT2D eigenvalue weighted by molar-refractivity contribution is 6.29. The number of hydrogen-bond donors (Lipinski definition) is 0. The van der Waals surface area contributed by atoms with E-state index in [2.05, 4.69) is 23.9 Å². The predicted octanol–water partition coefficient (Wildman–Crippen LogP) is 2.58. The molecule has 72 valence electrons. The summed E-state index contributed by atoms with van der Waals surface area (Å²) in [5, 5.41) is 0.572. The molecule has 0 aliphatic carbocycles. The average Bonchev–Trinajstić information content (AvgIpc) is 2.04. The van der Waals surface area contributed by atoms with Crippen LogP contribution >= 0.6 is 11.6 Å². The summed E-state index contributed by atoms with van der Waals surface area (Å²) >= 11 is 5.78. The first-order valence-corrected chi connectivity index (χ1v) is 4.89. The normalized spacial score (nSPS) is 10.8. The van der Waals surface area contributed by atoms with Gasteiger partial charge in [-0.1, -0.05) is 18.5 Å². The van der Waals surface area contributed by atoms with Crippen LogP contribution in [0.4, 0.5) is 0 Å². The Bertz CT molecular complexity index is 263. The molecule has 1 heterocycles. The monoisotopic (exact) mass is 198 g/mol. The summed E-state index contributed by atoms with van der Waals surface area (Å²) in [4.78, 5) is 6.21. The summed E-state index contributed by atoms with van der Waals surface area (Å²) in [6, 6.07) is 3.91. The molecule has 1 rings (SSSR count). The van der Waals surface area contributed by atoms with E-state index in [4.69, 9.17) is 11.6 Å². The summed E-state index contributed by atoms with van der Waals surface area (Å²) < 4.78 is 0. The molecule has 0 aromatic carbocycles. The fourth-order valence-corrected chi connectivity index (χ4v) is 1.51. The molecular weight excluding hydrogens is 184 g/mol. The van der Waals surface area contributed by atoms with E-state index < -0.39 is 0 Å². The maximum atomic E-state index is 5.78. The summed E-state index contributed by atoms with van der Waals surface area (Å²) in [5.74, 6) is 0. The Balaban J connectivity index is 2.53. The van der Waals surface area contributed by atoms with Gasteiger partial charge < -0.3 is 4.90 Å². The topological polar surface area (TPSA) is 16.1 Å². The van der Waals surface area contributed by atoms with Crippen LogP contribution in [0.1, 0.15) is 18.9 Å². The van der Waals surface area contributed by atoms with Crippen molar-refractivity contribution in [3.63, 3.8) is 0 Å². The third kappa shape index (κ3) is 3.75. The lowest BCUT2D eigenvalue weighted by Crippen LogP contribution is -2.18. The largest absolute Gasteiger partial charge is 0.302 e. The highest BCUT2D eigenvalue weighted by Crippen LogP contribution is 2.08. The highest BCUT2D eigenvalue weighted by Gasteiger charge is 1.99. The smallest absolute Gasteiger partial charge is 0.129 e. The van der Waals surface area contributed by atoms with E-state index in [1.807, 2.05) is 12.1 Å². The minimum Gasteiger partial charge on any atom is -0.302 e. The molecule has 0 saturated heterocycles. The molecule has 1 aromatic heterocycles. The molecule has 3 heteroatoms. The summed E-state index contributed by atoms with van der Waals surface area (Å²) in [7, 11) is 2.11. The van der Waals surface area contributed by atoms with Crippen LogP contribution < -0.4 is 0 Å². The fourth-order valence-electron chi connectivity index (χ4n) is 1.31.